The monoisotopic (exact) mass is 261 g/mol. The molecule has 2 rings (SSSR count). The van der Waals surface area contributed by atoms with Gasteiger partial charge in [0.25, 0.3) is 0 Å². The van der Waals surface area contributed by atoms with E-state index < -0.39 is 6.10 Å². The molecule has 0 saturated heterocycles. The Hall–Kier alpha value is -1.51. The molecule has 1 atom stereocenters. The summed E-state index contributed by atoms with van der Waals surface area (Å²) in [5.41, 5.74) is 3.29. The third-order valence-electron chi connectivity index (χ3n) is 2.72. The summed E-state index contributed by atoms with van der Waals surface area (Å²) >= 11 is 5.59. The predicted molar refractivity (Wildman–Crippen MR) is 77.1 cm³/mol. The van der Waals surface area contributed by atoms with E-state index in [0.29, 0.717) is 6.54 Å². The Balaban J connectivity index is 2.21. The summed E-state index contributed by atoms with van der Waals surface area (Å²) < 4.78 is 0. The van der Waals surface area contributed by atoms with Crippen molar-refractivity contribution in [3.63, 3.8) is 0 Å². The van der Waals surface area contributed by atoms with Crippen molar-refractivity contribution in [1.29, 1.82) is 0 Å². The van der Waals surface area contributed by atoms with Gasteiger partial charge in [0.1, 0.15) is 0 Å². The summed E-state index contributed by atoms with van der Waals surface area (Å²) in [6.07, 6.45) is -0.532. The largest absolute Gasteiger partial charge is 0.390 e. The zero-order valence-electron chi connectivity index (χ0n) is 10.0. The van der Waals surface area contributed by atoms with Crippen molar-refractivity contribution >= 4 is 17.3 Å². The number of halogens is 1. The van der Waals surface area contributed by atoms with E-state index in [2.05, 4.69) is 23.5 Å². The molecular weight excluding hydrogens is 246 g/mol. The fraction of sp³-hybridized carbons (Fsp3) is 0.200. The molecule has 94 valence electrons. The second-order valence-electron chi connectivity index (χ2n) is 4.10. The number of aliphatic hydroxyl groups is 1. The number of hydrogen-bond donors (Lipinski definition) is 2. The van der Waals surface area contributed by atoms with Gasteiger partial charge in [0.15, 0.2) is 0 Å². The highest BCUT2D eigenvalue weighted by Crippen LogP contribution is 2.27. The number of aliphatic hydroxyl groups excluding tert-OH is 1. The van der Waals surface area contributed by atoms with Gasteiger partial charge < -0.3 is 10.4 Å². The van der Waals surface area contributed by atoms with Crippen molar-refractivity contribution in [1.82, 2.24) is 0 Å². The molecule has 0 aliphatic carbocycles. The Morgan fingerprint density at radius 3 is 2.39 bits per heavy atom. The van der Waals surface area contributed by atoms with Gasteiger partial charge in [0.05, 0.1) is 12.0 Å². The second kappa shape index (κ2) is 6.43. The molecule has 0 saturated carbocycles. The highest BCUT2D eigenvalue weighted by Gasteiger charge is 2.06. The van der Waals surface area contributed by atoms with Crippen molar-refractivity contribution in [2.75, 3.05) is 17.7 Å². The maximum absolute atomic E-state index is 9.49. The summed E-state index contributed by atoms with van der Waals surface area (Å²) in [5.74, 6) is 0.237. The Kier molecular flexibility index (Phi) is 4.62. The molecular formula is C15H16ClNO. The Morgan fingerprint density at radius 2 is 1.67 bits per heavy atom. The van der Waals surface area contributed by atoms with E-state index in [0.717, 1.165) is 16.8 Å². The lowest BCUT2D eigenvalue weighted by Crippen LogP contribution is -2.20. The van der Waals surface area contributed by atoms with E-state index >= 15 is 0 Å². The lowest BCUT2D eigenvalue weighted by molar-refractivity contribution is 0.211. The molecule has 0 bridgehead atoms. The third-order valence-corrected chi connectivity index (χ3v) is 3.07. The lowest BCUT2D eigenvalue weighted by Gasteiger charge is -2.14. The van der Waals surface area contributed by atoms with Gasteiger partial charge in [0, 0.05) is 17.8 Å². The zero-order valence-corrected chi connectivity index (χ0v) is 10.8. The standard InChI is InChI=1S/C15H16ClNO/c16-10-13(18)11-17-15-9-5-4-8-14(15)12-6-2-1-3-7-12/h1-9,13,17-18H,10-11H2/t13-/m1/s1. The van der Waals surface area contributed by atoms with E-state index in [4.69, 9.17) is 11.6 Å². The first-order valence-electron chi connectivity index (χ1n) is 5.93. The molecule has 0 amide bonds. The molecule has 2 N–H and O–H groups in total. The predicted octanol–water partition coefficient (Wildman–Crippen LogP) is 3.37. The number of anilines is 1. The Labute approximate surface area is 112 Å². The number of alkyl halides is 1. The van der Waals surface area contributed by atoms with Crippen LogP contribution in [0.2, 0.25) is 0 Å². The molecule has 0 spiro atoms. The van der Waals surface area contributed by atoms with Crippen LogP contribution in [0.15, 0.2) is 54.6 Å². The first kappa shape index (κ1) is 12.9. The van der Waals surface area contributed by atoms with Gasteiger partial charge in [-0.1, -0.05) is 48.5 Å². The third kappa shape index (κ3) is 3.25. The van der Waals surface area contributed by atoms with Gasteiger partial charge >= 0.3 is 0 Å². The number of nitrogens with one attached hydrogen (secondary N) is 1. The van der Waals surface area contributed by atoms with Crippen LogP contribution in [0, 0.1) is 0 Å². The van der Waals surface area contributed by atoms with Crippen LogP contribution in [0.4, 0.5) is 5.69 Å². The molecule has 0 aliphatic rings. The topological polar surface area (TPSA) is 32.3 Å². The van der Waals surface area contributed by atoms with Crippen LogP contribution in [-0.4, -0.2) is 23.6 Å². The average molecular weight is 262 g/mol. The van der Waals surface area contributed by atoms with Crippen molar-refractivity contribution in [2.45, 2.75) is 6.10 Å². The number of benzene rings is 2. The average Bonchev–Trinajstić information content (AvgIpc) is 2.46. The SMILES string of the molecule is O[C@H](CCl)CNc1ccccc1-c1ccccc1. The molecule has 0 fully saturated rings. The minimum atomic E-state index is -0.532. The lowest BCUT2D eigenvalue weighted by atomic mass is 10.0. The molecule has 2 aromatic rings. The van der Waals surface area contributed by atoms with Crippen LogP contribution in [0.5, 0.6) is 0 Å². The van der Waals surface area contributed by atoms with Gasteiger partial charge in [-0.2, -0.15) is 0 Å². The molecule has 0 unspecified atom stereocenters. The van der Waals surface area contributed by atoms with Gasteiger partial charge in [-0.15, -0.1) is 11.6 Å². The summed E-state index contributed by atoms with van der Waals surface area (Å²) in [6.45, 7) is 0.452. The Bertz CT molecular complexity index is 487. The fourth-order valence-corrected chi connectivity index (χ4v) is 1.90. The Morgan fingerprint density at radius 1 is 1.00 bits per heavy atom. The molecule has 0 aliphatic heterocycles. The van der Waals surface area contributed by atoms with Crippen LogP contribution in [0.1, 0.15) is 0 Å². The van der Waals surface area contributed by atoms with Crippen LogP contribution >= 0.6 is 11.6 Å². The second-order valence-corrected chi connectivity index (χ2v) is 4.41. The molecule has 0 heterocycles. The quantitative estimate of drug-likeness (QED) is 0.809. The van der Waals surface area contributed by atoms with Crippen molar-refractivity contribution in [3.8, 4) is 11.1 Å². The summed E-state index contributed by atoms with van der Waals surface area (Å²) in [5, 5.41) is 12.7. The van der Waals surface area contributed by atoms with Gasteiger partial charge in [-0.05, 0) is 11.6 Å². The van der Waals surface area contributed by atoms with E-state index in [1.54, 1.807) is 0 Å². The maximum atomic E-state index is 9.49. The molecule has 18 heavy (non-hydrogen) atoms. The maximum Gasteiger partial charge on any atom is 0.0847 e. The smallest absolute Gasteiger partial charge is 0.0847 e. The molecule has 2 aromatic carbocycles. The minimum absolute atomic E-state index is 0.237. The number of para-hydroxylation sites is 1. The zero-order chi connectivity index (χ0) is 12.8. The first-order valence-corrected chi connectivity index (χ1v) is 6.47. The van der Waals surface area contributed by atoms with E-state index in [1.807, 2.05) is 36.4 Å². The molecule has 2 nitrogen and oxygen atoms in total. The van der Waals surface area contributed by atoms with Crippen molar-refractivity contribution < 1.29 is 5.11 Å². The van der Waals surface area contributed by atoms with Gasteiger partial charge in [-0.25, -0.2) is 0 Å². The molecule has 0 aromatic heterocycles. The van der Waals surface area contributed by atoms with Gasteiger partial charge in [0.2, 0.25) is 0 Å². The molecule has 0 radical (unpaired) electrons. The van der Waals surface area contributed by atoms with Crippen LogP contribution < -0.4 is 5.32 Å². The highest BCUT2D eigenvalue weighted by molar-refractivity contribution is 6.18. The normalized spacial score (nSPS) is 12.1. The van der Waals surface area contributed by atoms with Crippen molar-refractivity contribution in [3.05, 3.63) is 54.6 Å². The summed E-state index contributed by atoms with van der Waals surface area (Å²) in [6, 6.07) is 18.2. The number of rotatable bonds is 5. The van der Waals surface area contributed by atoms with Crippen LogP contribution in [0.25, 0.3) is 11.1 Å². The first-order chi connectivity index (χ1) is 8.81. The minimum Gasteiger partial charge on any atom is -0.390 e. The summed E-state index contributed by atoms with van der Waals surface area (Å²) in [7, 11) is 0. The van der Waals surface area contributed by atoms with Crippen LogP contribution in [0.3, 0.4) is 0 Å². The van der Waals surface area contributed by atoms with E-state index in [1.165, 1.54) is 0 Å². The highest BCUT2D eigenvalue weighted by atomic mass is 35.5. The van der Waals surface area contributed by atoms with Crippen molar-refractivity contribution in [2.24, 2.45) is 0 Å². The number of hydrogen-bond acceptors (Lipinski definition) is 2. The van der Waals surface area contributed by atoms with Gasteiger partial charge in [-0.3, -0.25) is 0 Å². The summed E-state index contributed by atoms with van der Waals surface area (Å²) in [4.78, 5) is 0. The van der Waals surface area contributed by atoms with E-state index in [9.17, 15) is 5.11 Å². The molecule has 3 heteroatoms. The fourth-order valence-electron chi connectivity index (χ4n) is 1.79. The van der Waals surface area contributed by atoms with Crippen LogP contribution in [-0.2, 0) is 0 Å². The van der Waals surface area contributed by atoms with E-state index in [-0.39, 0.29) is 5.88 Å².